The number of halogens is 3. The van der Waals surface area contributed by atoms with E-state index in [2.05, 4.69) is 5.32 Å². The van der Waals surface area contributed by atoms with Crippen molar-refractivity contribution in [3.63, 3.8) is 0 Å². The lowest BCUT2D eigenvalue weighted by molar-refractivity contribution is -0.136. The molecule has 5 heteroatoms. The molecular formula is C14H12F3NO. The zero-order chi connectivity index (χ0) is 13.5. The van der Waals surface area contributed by atoms with Crippen molar-refractivity contribution in [2.75, 3.05) is 6.54 Å². The van der Waals surface area contributed by atoms with Gasteiger partial charge in [0.15, 0.2) is 0 Å². The van der Waals surface area contributed by atoms with Gasteiger partial charge in [0.1, 0.15) is 5.58 Å². The van der Waals surface area contributed by atoms with Gasteiger partial charge in [-0.1, -0.05) is 18.2 Å². The molecular weight excluding hydrogens is 255 g/mol. The van der Waals surface area contributed by atoms with E-state index < -0.39 is 11.7 Å². The number of furan rings is 1. The molecule has 0 saturated heterocycles. The smallest absolute Gasteiger partial charge is 0.417 e. The number of hydrogen-bond donors (Lipinski definition) is 1. The minimum Gasteiger partial charge on any atom is -0.464 e. The topological polar surface area (TPSA) is 25.2 Å². The van der Waals surface area contributed by atoms with Crippen LogP contribution < -0.4 is 5.32 Å². The maximum absolute atomic E-state index is 12.9. The van der Waals surface area contributed by atoms with Gasteiger partial charge in [0.25, 0.3) is 0 Å². The Hall–Kier alpha value is -1.75. The molecule has 2 nitrogen and oxygen atoms in total. The summed E-state index contributed by atoms with van der Waals surface area (Å²) >= 11 is 0. The van der Waals surface area contributed by atoms with Crippen LogP contribution in [0.1, 0.15) is 23.6 Å². The van der Waals surface area contributed by atoms with E-state index in [0.717, 1.165) is 18.1 Å². The summed E-state index contributed by atoms with van der Waals surface area (Å²) in [6, 6.07) is 4.01. The average Bonchev–Trinajstić information content (AvgIpc) is 2.86. The molecule has 1 aromatic carbocycles. The van der Waals surface area contributed by atoms with Crippen LogP contribution in [-0.4, -0.2) is 6.54 Å². The van der Waals surface area contributed by atoms with Gasteiger partial charge in [-0.15, -0.1) is 0 Å². The zero-order valence-corrected chi connectivity index (χ0v) is 10.00. The van der Waals surface area contributed by atoms with Crippen LogP contribution in [0.3, 0.4) is 0 Å². The molecule has 1 unspecified atom stereocenters. The molecule has 2 heterocycles. The van der Waals surface area contributed by atoms with Crippen LogP contribution in [0, 0.1) is 0 Å². The van der Waals surface area contributed by atoms with Gasteiger partial charge >= 0.3 is 6.18 Å². The van der Waals surface area contributed by atoms with Crippen LogP contribution >= 0.6 is 0 Å². The number of nitrogens with one attached hydrogen (secondary N) is 1. The molecule has 1 atom stereocenters. The summed E-state index contributed by atoms with van der Waals surface area (Å²) in [7, 11) is 0. The third-order valence-electron chi connectivity index (χ3n) is 3.35. The maximum atomic E-state index is 12.9. The highest BCUT2D eigenvalue weighted by Crippen LogP contribution is 2.38. The molecule has 0 amide bonds. The summed E-state index contributed by atoms with van der Waals surface area (Å²) in [6.07, 6.45) is 1.72. The minimum atomic E-state index is -4.36. The van der Waals surface area contributed by atoms with Crippen LogP contribution in [0.25, 0.3) is 11.0 Å². The Balaban J connectivity index is 2.13. The number of benzene rings is 1. The zero-order valence-electron chi connectivity index (χ0n) is 10.00. The van der Waals surface area contributed by atoms with Crippen molar-refractivity contribution in [1.29, 1.82) is 0 Å². The van der Waals surface area contributed by atoms with Crippen LogP contribution in [-0.2, 0) is 6.18 Å². The molecule has 1 aromatic heterocycles. The lowest BCUT2D eigenvalue weighted by Crippen LogP contribution is -2.24. The Kier molecular flexibility index (Phi) is 2.86. The van der Waals surface area contributed by atoms with Gasteiger partial charge in [0.2, 0.25) is 0 Å². The Labute approximate surface area is 107 Å². The summed E-state index contributed by atoms with van der Waals surface area (Å²) in [5.41, 5.74) is 0.450. The van der Waals surface area contributed by atoms with E-state index in [1.807, 2.05) is 12.2 Å². The van der Waals surface area contributed by atoms with Crippen molar-refractivity contribution in [1.82, 2.24) is 5.32 Å². The number of fused-ring (bicyclic) bond motifs is 1. The first-order chi connectivity index (χ1) is 9.07. The summed E-state index contributed by atoms with van der Waals surface area (Å²) in [5, 5.41) is 3.37. The van der Waals surface area contributed by atoms with Crippen molar-refractivity contribution in [2.45, 2.75) is 18.6 Å². The Morgan fingerprint density at radius 3 is 2.68 bits per heavy atom. The van der Waals surface area contributed by atoms with Crippen molar-refractivity contribution in [3.05, 3.63) is 47.7 Å². The molecule has 1 N–H and O–H groups in total. The van der Waals surface area contributed by atoms with Gasteiger partial charge < -0.3 is 9.73 Å². The third kappa shape index (κ3) is 2.14. The first-order valence-corrected chi connectivity index (χ1v) is 6.03. The van der Waals surface area contributed by atoms with Crippen LogP contribution in [0.5, 0.6) is 0 Å². The highest BCUT2D eigenvalue weighted by molar-refractivity contribution is 5.85. The van der Waals surface area contributed by atoms with E-state index in [4.69, 9.17) is 4.42 Å². The molecule has 0 bridgehead atoms. The van der Waals surface area contributed by atoms with Crippen LogP contribution in [0.4, 0.5) is 13.2 Å². The van der Waals surface area contributed by atoms with E-state index in [9.17, 15) is 13.2 Å². The van der Waals surface area contributed by atoms with E-state index in [-0.39, 0.29) is 11.4 Å². The highest BCUT2D eigenvalue weighted by atomic mass is 19.4. The summed E-state index contributed by atoms with van der Waals surface area (Å²) < 4.78 is 44.0. The Morgan fingerprint density at radius 1 is 1.16 bits per heavy atom. The van der Waals surface area contributed by atoms with E-state index in [1.165, 1.54) is 18.4 Å². The standard InChI is InChI=1S/C14H12F3NO/c15-14(16,17)11-5-4-10(12-3-1-2-7-18-12)13-9(11)6-8-19-13/h1-2,4-6,8,12,18H,3,7H2. The Morgan fingerprint density at radius 2 is 2.00 bits per heavy atom. The monoisotopic (exact) mass is 267 g/mol. The Bertz CT molecular complexity index is 627. The fourth-order valence-electron chi connectivity index (χ4n) is 2.45. The van der Waals surface area contributed by atoms with Crippen molar-refractivity contribution in [2.24, 2.45) is 0 Å². The molecule has 0 spiro atoms. The predicted molar refractivity (Wildman–Crippen MR) is 65.7 cm³/mol. The van der Waals surface area contributed by atoms with Gasteiger partial charge in [-0.25, -0.2) is 0 Å². The van der Waals surface area contributed by atoms with Gasteiger partial charge in [-0.05, 0) is 18.6 Å². The predicted octanol–water partition coefficient (Wildman–Crippen LogP) is 4.04. The summed E-state index contributed by atoms with van der Waals surface area (Å²) in [5.74, 6) is 0. The fraction of sp³-hybridized carbons (Fsp3) is 0.286. The quantitative estimate of drug-likeness (QED) is 0.789. The summed E-state index contributed by atoms with van der Waals surface area (Å²) in [4.78, 5) is 0. The van der Waals surface area contributed by atoms with Crippen molar-refractivity contribution in [3.8, 4) is 0 Å². The fourth-order valence-corrected chi connectivity index (χ4v) is 2.45. The van der Waals surface area contributed by atoms with Gasteiger partial charge in [0, 0.05) is 23.5 Å². The normalized spacial score (nSPS) is 20.1. The van der Waals surface area contributed by atoms with Crippen molar-refractivity contribution < 1.29 is 17.6 Å². The van der Waals surface area contributed by atoms with Crippen molar-refractivity contribution >= 4 is 11.0 Å². The second-order valence-corrected chi connectivity index (χ2v) is 4.53. The van der Waals surface area contributed by atoms with Gasteiger partial charge in [-0.3, -0.25) is 0 Å². The molecule has 0 fully saturated rings. The van der Waals surface area contributed by atoms with Crippen LogP contribution in [0.15, 0.2) is 41.0 Å². The molecule has 0 radical (unpaired) electrons. The number of hydrogen-bond acceptors (Lipinski definition) is 2. The summed E-state index contributed by atoms with van der Waals surface area (Å²) in [6.45, 7) is 0.716. The first-order valence-electron chi connectivity index (χ1n) is 6.03. The largest absolute Gasteiger partial charge is 0.464 e. The van der Waals surface area contributed by atoms with Crippen LogP contribution in [0.2, 0.25) is 0 Å². The second-order valence-electron chi connectivity index (χ2n) is 4.53. The molecule has 0 saturated carbocycles. The first kappa shape index (κ1) is 12.3. The molecule has 1 aliphatic rings. The number of alkyl halides is 3. The van der Waals surface area contributed by atoms with Gasteiger partial charge in [-0.2, -0.15) is 13.2 Å². The second kappa shape index (κ2) is 4.42. The van der Waals surface area contributed by atoms with Gasteiger partial charge in [0.05, 0.1) is 11.8 Å². The number of rotatable bonds is 1. The SMILES string of the molecule is FC(F)(F)c1ccc(C2CC=CCN2)c2occc12. The maximum Gasteiger partial charge on any atom is 0.417 e. The molecule has 0 aliphatic carbocycles. The average molecular weight is 267 g/mol. The molecule has 1 aliphatic heterocycles. The molecule has 3 rings (SSSR count). The van der Waals surface area contributed by atoms with E-state index in [1.54, 1.807) is 0 Å². The van der Waals surface area contributed by atoms with E-state index >= 15 is 0 Å². The van der Waals surface area contributed by atoms with E-state index in [0.29, 0.717) is 12.1 Å². The molecule has 19 heavy (non-hydrogen) atoms. The molecule has 2 aromatic rings. The third-order valence-corrected chi connectivity index (χ3v) is 3.35. The lowest BCUT2D eigenvalue weighted by atomic mass is 9.97. The minimum absolute atomic E-state index is 0.000865. The molecule has 100 valence electrons. The lowest BCUT2D eigenvalue weighted by Gasteiger charge is -2.21. The highest BCUT2D eigenvalue weighted by Gasteiger charge is 2.34.